The molecule has 1 aliphatic rings. The Labute approximate surface area is 116 Å². The normalized spacial score (nSPS) is 29.0. The Morgan fingerprint density at radius 1 is 1.21 bits per heavy atom. The molecule has 1 N–H and O–H groups in total. The van der Waals surface area contributed by atoms with Gasteiger partial charge in [0.25, 0.3) is 0 Å². The third kappa shape index (κ3) is 2.21. The summed E-state index contributed by atoms with van der Waals surface area (Å²) >= 11 is 0. The fourth-order valence-corrected chi connectivity index (χ4v) is 5.26. The zero-order valence-electron chi connectivity index (χ0n) is 12.3. The van der Waals surface area contributed by atoms with Gasteiger partial charge in [-0.2, -0.15) is 0 Å². The third-order valence-corrected chi connectivity index (χ3v) is 6.78. The first-order chi connectivity index (χ1) is 8.80. The van der Waals surface area contributed by atoms with Gasteiger partial charge in [0.2, 0.25) is 0 Å². The van der Waals surface area contributed by atoms with Gasteiger partial charge in [0.05, 0.1) is 10.1 Å². The molecule has 1 aromatic carbocycles. The molecule has 0 aliphatic carbocycles. The van der Waals surface area contributed by atoms with Crippen molar-refractivity contribution in [1.82, 2.24) is 5.32 Å². The number of benzene rings is 1. The maximum absolute atomic E-state index is 12.7. The molecule has 0 saturated carbocycles. The van der Waals surface area contributed by atoms with Crippen LogP contribution in [0.25, 0.3) is 0 Å². The quantitative estimate of drug-likeness (QED) is 0.906. The smallest absolute Gasteiger partial charge is 0.181 e. The third-order valence-electron chi connectivity index (χ3n) is 4.25. The van der Waals surface area contributed by atoms with Crippen LogP contribution < -0.4 is 5.32 Å². The average Bonchev–Trinajstić information content (AvgIpc) is 2.31. The van der Waals surface area contributed by atoms with E-state index in [1.54, 1.807) is 0 Å². The molecular formula is C15H23NO2S. The Balaban J connectivity index is 2.75. The summed E-state index contributed by atoms with van der Waals surface area (Å²) in [6.45, 7) is 10.7. The monoisotopic (exact) mass is 281 g/mol. The van der Waals surface area contributed by atoms with Crippen LogP contribution in [0.2, 0.25) is 0 Å². The molecule has 1 heterocycles. The lowest BCUT2D eigenvalue weighted by Gasteiger charge is -2.37. The van der Waals surface area contributed by atoms with Crippen LogP contribution in [-0.2, 0) is 9.84 Å². The van der Waals surface area contributed by atoms with Crippen LogP contribution in [0, 0.1) is 19.8 Å². The van der Waals surface area contributed by atoms with Gasteiger partial charge < -0.3 is 5.32 Å². The zero-order valence-corrected chi connectivity index (χ0v) is 13.1. The van der Waals surface area contributed by atoms with Crippen LogP contribution in [0.3, 0.4) is 0 Å². The van der Waals surface area contributed by atoms with E-state index in [9.17, 15) is 8.42 Å². The van der Waals surface area contributed by atoms with Crippen LogP contribution in [0.4, 0.5) is 0 Å². The second-order valence-corrected chi connectivity index (χ2v) is 7.89. The maximum Gasteiger partial charge on any atom is 0.181 e. The number of fused-ring (bicyclic) bond motifs is 1. The van der Waals surface area contributed by atoms with Crippen molar-refractivity contribution >= 4 is 9.84 Å². The van der Waals surface area contributed by atoms with E-state index in [0.29, 0.717) is 4.90 Å². The number of hydrogen-bond donors (Lipinski definition) is 1. The van der Waals surface area contributed by atoms with Gasteiger partial charge in [-0.1, -0.05) is 31.5 Å². The van der Waals surface area contributed by atoms with Gasteiger partial charge in [-0.05, 0) is 44.4 Å². The van der Waals surface area contributed by atoms with E-state index < -0.39 is 9.84 Å². The summed E-state index contributed by atoms with van der Waals surface area (Å²) in [7, 11) is -3.21. The van der Waals surface area contributed by atoms with Crippen LogP contribution >= 0.6 is 0 Å². The molecule has 0 saturated heterocycles. The second-order valence-electron chi connectivity index (χ2n) is 5.64. The van der Waals surface area contributed by atoms with Crippen LogP contribution in [-0.4, -0.2) is 20.2 Å². The molecule has 0 bridgehead atoms. The molecule has 0 spiro atoms. The number of sulfone groups is 1. The van der Waals surface area contributed by atoms with Crippen molar-refractivity contribution < 1.29 is 8.42 Å². The molecule has 1 aromatic rings. The van der Waals surface area contributed by atoms with E-state index in [2.05, 4.69) is 12.2 Å². The van der Waals surface area contributed by atoms with Crippen LogP contribution in [0.1, 0.15) is 43.5 Å². The highest BCUT2D eigenvalue weighted by Gasteiger charge is 2.42. The number of aryl methyl sites for hydroxylation is 2. The van der Waals surface area contributed by atoms with Crippen molar-refractivity contribution in [2.45, 2.75) is 50.8 Å². The summed E-state index contributed by atoms with van der Waals surface area (Å²) in [6.07, 6.45) is 0. The molecule has 3 atom stereocenters. The Morgan fingerprint density at radius 3 is 2.42 bits per heavy atom. The molecule has 4 heteroatoms. The number of hydrogen-bond acceptors (Lipinski definition) is 3. The summed E-state index contributed by atoms with van der Waals surface area (Å²) in [6, 6.07) is 4.11. The van der Waals surface area contributed by atoms with E-state index in [-0.39, 0.29) is 17.2 Å². The molecule has 0 amide bonds. The molecule has 0 radical (unpaired) electrons. The van der Waals surface area contributed by atoms with Gasteiger partial charge in [0.1, 0.15) is 0 Å². The van der Waals surface area contributed by atoms with Gasteiger partial charge in [-0.15, -0.1) is 0 Å². The summed E-state index contributed by atoms with van der Waals surface area (Å²) in [5.41, 5.74) is 2.94. The van der Waals surface area contributed by atoms with Crippen molar-refractivity contribution in [2.24, 2.45) is 5.92 Å². The minimum absolute atomic E-state index is 0.0821. The average molecular weight is 281 g/mol. The van der Waals surface area contributed by atoms with Crippen molar-refractivity contribution in [1.29, 1.82) is 0 Å². The molecule has 0 fully saturated rings. The first-order valence-electron chi connectivity index (χ1n) is 6.89. The van der Waals surface area contributed by atoms with Gasteiger partial charge >= 0.3 is 0 Å². The SMILES string of the molecule is CCNC1c2cc(C)cc(C)c2S(=O)(=O)C(C)C1C. The largest absolute Gasteiger partial charge is 0.310 e. The standard InChI is InChI=1S/C15H23NO2S/c1-6-16-14-11(4)12(5)19(17,18)15-10(3)7-9(2)8-13(14)15/h7-8,11-12,14,16H,6H2,1-5H3. The van der Waals surface area contributed by atoms with E-state index >= 15 is 0 Å². The van der Waals surface area contributed by atoms with Crippen molar-refractivity contribution in [3.8, 4) is 0 Å². The van der Waals surface area contributed by atoms with Crippen LogP contribution in [0.15, 0.2) is 17.0 Å². The highest BCUT2D eigenvalue weighted by atomic mass is 32.2. The van der Waals surface area contributed by atoms with Gasteiger partial charge in [0, 0.05) is 6.04 Å². The summed E-state index contributed by atoms with van der Waals surface area (Å²) in [4.78, 5) is 0.551. The molecule has 106 valence electrons. The van der Waals surface area contributed by atoms with E-state index in [4.69, 9.17) is 0 Å². The molecule has 1 aliphatic heterocycles. The minimum atomic E-state index is -3.21. The van der Waals surface area contributed by atoms with Crippen molar-refractivity contribution in [2.75, 3.05) is 6.54 Å². The van der Waals surface area contributed by atoms with Gasteiger partial charge in [0.15, 0.2) is 9.84 Å². The van der Waals surface area contributed by atoms with E-state index in [0.717, 1.165) is 23.2 Å². The first-order valence-corrected chi connectivity index (χ1v) is 8.43. The number of rotatable bonds is 2. The molecule has 3 nitrogen and oxygen atoms in total. The summed E-state index contributed by atoms with van der Waals surface area (Å²) in [5.74, 6) is 0.0821. The van der Waals surface area contributed by atoms with Crippen molar-refractivity contribution in [3.05, 3.63) is 28.8 Å². The Morgan fingerprint density at radius 2 is 1.84 bits per heavy atom. The second kappa shape index (κ2) is 4.91. The molecular weight excluding hydrogens is 258 g/mol. The summed E-state index contributed by atoms with van der Waals surface area (Å²) < 4.78 is 25.3. The zero-order chi connectivity index (χ0) is 14.4. The Bertz CT molecular complexity index is 592. The lowest BCUT2D eigenvalue weighted by atomic mass is 9.89. The van der Waals surface area contributed by atoms with Crippen LogP contribution in [0.5, 0.6) is 0 Å². The lowest BCUT2D eigenvalue weighted by molar-refractivity contribution is 0.363. The number of nitrogens with one attached hydrogen (secondary N) is 1. The Kier molecular flexibility index (Phi) is 3.76. The Hall–Kier alpha value is -0.870. The topological polar surface area (TPSA) is 46.2 Å². The summed E-state index contributed by atoms with van der Waals surface area (Å²) in [5, 5.41) is 3.11. The maximum atomic E-state index is 12.7. The van der Waals surface area contributed by atoms with E-state index in [1.807, 2.05) is 39.8 Å². The van der Waals surface area contributed by atoms with Gasteiger partial charge in [-0.25, -0.2) is 8.42 Å². The highest BCUT2D eigenvalue weighted by molar-refractivity contribution is 7.92. The predicted molar refractivity (Wildman–Crippen MR) is 78.1 cm³/mol. The highest BCUT2D eigenvalue weighted by Crippen LogP contribution is 2.41. The predicted octanol–water partition coefficient (Wildman–Crippen LogP) is 2.77. The minimum Gasteiger partial charge on any atom is -0.310 e. The lowest BCUT2D eigenvalue weighted by Crippen LogP contribution is -2.41. The molecule has 0 aromatic heterocycles. The van der Waals surface area contributed by atoms with Gasteiger partial charge in [-0.3, -0.25) is 0 Å². The molecule has 2 rings (SSSR count). The fourth-order valence-electron chi connectivity index (χ4n) is 3.15. The molecule has 19 heavy (non-hydrogen) atoms. The molecule has 3 unspecified atom stereocenters. The van der Waals surface area contributed by atoms with E-state index in [1.165, 1.54) is 0 Å². The van der Waals surface area contributed by atoms with Crippen molar-refractivity contribution in [3.63, 3.8) is 0 Å². The first kappa shape index (κ1) is 14.5. The fraction of sp³-hybridized carbons (Fsp3) is 0.600.